The van der Waals surface area contributed by atoms with Crippen LogP contribution >= 0.6 is 0 Å². The number of rotatable bonds is 5. The number of nitrogens with zero attached hydrogens (tertiary/aromatic N) is 1. The van der Waals surface area contributed by atoms with Crippen molar-refractivity contribution in [2.24, 2.45) is 13.0 Å². The van der Waals surface area contributed by atoms with Crippen LogP contribution in [0.5, 0.6) is 0 Å². The zero-order valence-corrected chi connectivity index (χ0v) is 16.1. The summed E-state index contributed by atoms with van der Waals surface area (Å²) in [5.74, 6) is -0.308. The Morgan fingerprint density at radius 3 is 2.57 bits per heavy atom. The lowest BCUT2D eigenvalue weighted by molar-refractivity contribution is -0.247. The number of carbonyl (C=O) groups is 1. The van der Waals surface area contributed by atoms with Crippen molar-refractivity contribution in [3.63, 3.8) is 0 Å². The molecule has 1 aromatic heterocycles. The lowest BCUT2D eigenvalue weighted by atomic mass is 9.84. The number of aromatic nitrogens is 1. The van der Waals surface area contributed by atoms with Crippen molar-refractivity contribution in [3.05, 3.63) is 65.4 Å². The summed E-state index contributed by atoms with van der Waals surface area (Å²) in [5, 5.41) is 21.6. The third kappa shape index (κ3) is 3.17. The van der Waals surface area contributed by atoms with Crippen molar-refractivity contribution >= 4 is 28.7 Å². The molecule has 5 nitrogen and oxygen atoms in total. The lowest BCUT2D eigenvalue weighted by Crippen LogP contribution is -2.43. The molecule has 156 valence electrons. The van der Waals surface area contributed by atoms with Gasteiger partial charge in [-0.15, -0.1) is 0 Å². The largest absolute Gasteiger partial charge is 0.425 e. The summed E-state index contributed by atoms with van der Waals surface area (Å²) >= 11 is 0. The van der Waals surface area contributed by atoms with Gasteiger partial charge in [0.15, 0.2) is 0 Å². The molecule has 3 N–H and O–H groups in total. The molecule has 3 aromatic rings. The molecule has 1 aliphatic rings. The van der Waals surface area contributed by atoms with Gasteiger partial charge in [0.2, 0.25) is 11.5 Å². The van der Waals surface area contributed by atoms with E-state index in [1.807, 2.05) is 0 Å². The van der Waals surface area contributed by atoms with E-state index in [1.165, 1.54) is 22.9 Å². The summed E-state index contributed by atoms with van der Waals surface area (Å²) in [6.45, 7) is 0. The number of hydrogen-bond acceptors (Lipinski definition) is 3. The third-order valence-corrected chi connectivity index (χ3v) is 5.53. The van der Waals surface area contributed by atoms with Gasteiger partial charge in [-0.25, -0.2) is 0 Å². The molecule has 0 radical (unpaired) electrons. The molecule has 1 fully saturated rings. The maximum absolute atomic E-state index is 14.3. The number of alkyl halides is 3. The summed E-state index contributed by atoms with van der Waals surface area (Å²) in [4.78, 5) is 12.0. The highest BCUT2D eigenvalue weighted by atomic mass is 19.4. The van der Waals surface area contributed by atoms with E-state index in [-0.39, 0.29) is 34.0 Å². The molecule has 1 atom stereocenters. The van der Waals surface area contributed by atoms with Crippen molar-refractivity contribution in [1.82, 2.24) is 4.57 Å². The van der Waals surface area contributed by atoms with Crippen molar-refractivity contribution < 1.29 is 23.1 Å². The van der Waals surface area contributed by atoms with Crippen LogP contribution < -0.4 is 5.32 Å². The highest BCUT2D eigenvalue weighted by Gasteiger charge is 2.57. The fraction of sp³-hybridized carbons (Fsp3) is 0.273. The summed E-state index contributed by atoms with van der Waals surface area (Å²) in [5.41, 5.74) is -3.12. The predicted octanol–water partition coefficient (Wildman–Crippen LogP) is 4.32. The predicted molar refractivity (Wildman–Crippen MR) is 108 cm³/mol. The fourth-order valence-corrected chi connectivity index (χ4v) is 3.70. The number of hydrogen-bond donors (Lipinski definition) is 3. The first-order valence-corrected chi connectivity index (χ1v) is 9.46. The number of aliphatic hydroxyl groups is 1. The quantitative estimate of drug-likeness (QED) is 0.543. The van der Waals surface area contributed by atoms with Crippen LogP contribution in [-0.4, -0.2) is 28.0 Å². The van der Waals surface area contributed by atoms with E-state index in [0.29, 0.717) is 5.52 Å². The number of carbonyl (C=O) groups excluding carboxylic acids is 1. The van der Waals surface area contributed by atoms with Crippen molar-refractivity contribution in [2.45, 2.75) is 24.6 Å². The maximum Gasteiger partial charge on any atom is 0.425 e. The number of nitrogens with one attached hydrogen (secondary N) is 2. The van der Waals surface area contributed by atoms with Gasteiger partial charge in [-0.2, -0.15) is 13.2 Å². The van der Waals surface area contributed by atoms with E-state index in [2.05, 4.69) is 5.32 Å². The molecule has 0 bridgehead atoms. The summed E-state index contributed by atoms with van der Waals surface area (Å²) in [6, 6.07) is 10.1. The summed E-state index contributed by atoms with van der Waals surface area (Å²) in [6.07, 6.45) is -1.33. The number of anilines is 1. The van der Waals surface area contributed by atoms with Crippen LogP contribution in [0.1, 0.15) is 29.5 Å². The molecule has 8 heteroatoms. The number of para-hydroxylation sites is 1. The highest BCUT2D eigenvalue weighted by Crippen LogP contribution is 2.47. The van der Waals surface area contributed by atoms with Gasteiger partial charge in [-0.05, 0) is 36.6 Å². The Balaban J connectivity index is 1.86. The van der Waals surface area contributed by atoms with Gasteiger partial charge in [0, 0.05) is 53.1 Å². The van der Waals surface area contributed by atoms with Crippen LogP contribution in [0.3, 0.4) is 0 Å². The SMILES string of the molecule is Cn1cc(C(O)(c2ccc(NC(=O)C3CC3)c(C=N)c2)C(F)(F)F)c2ccccc21. The Labute approximate surface area is 170 Å². The number of amides is 1. The van der Waals surface area contributed by atoms with E-state index in [9.17, 15) is 23.1 Å². The van der Waals surface area contributed by atoms with Gasteiger partial charge in [0.05, 0.1) is 0 Å². The Kier molecular flexibility index (Phi) is 4.69. The van der Waals surface area contributed by atoms with Crippen LogP contribution in [0.2, 0.25) is 0 Å². The van der Waals surface area contributed by atoms with Gasteiger partial charge in [-0.3, -0.25) is 4.79 Å². The molecule has 30 heavy (non-hydrogen) atoms. The van der Waals surface area contributed by atoms with Gasteiger partial charge in [0.1, 0.15) is 0 Å². The van der Waals surface area contributed by atoms with Crippen molar-refractivity contribution in [2.75, 3.05) is 5.32 Å². The number of aryl methyl sites for hydroxylation is 1. The first-order chi connectivity index (χ1) is 14.2. The Morgan fingerprint density at radius 1 is 1.23 bits per heavy atom. The second-order valence-corrected chi connectivity index (χ2v) is 7.59. The van der Waals surface area contributed by atoms with Gasteiger partial charge < -0.3 is 20.4 Å². The van der Waals surface area contributed by atoms with Crippen LogP contribution in [-0.2, 0) is 17.4 Å². The Morgan fingerprint density at radius 2 is 1.93 bits per heavy atom. The van der Waals surface area contributed by atoms with E-state index < -0.39 is 17.3 Å². The minimum Gasteiger partial charge on any atom is -0.372 e. The molecule has 1 unspecified atom stereocenters. The van der Waals surface area contributed by atoms with E-state index in [4.69, 9.17) is 5.41 Å². The normalized spacial score (nSPS) is 16.3. The monoisotopic (exact) mass is 415 g/mol. The lowest BCUT2D eigenvalue weighted by Gasteiger charge is -2.31. The Hall–Kier alpha value is -3.13. The van der Waals surface area contributed by atoms with Gasteiger partial charge >= 0.3 is 6.18 Å². The molecule has 4 rings (SSSR count). The van der Waals surface area contributed by atoms with Crippen LogP contribution in [0, 0.1) is 11.3 Å². The van der Waals surface area contributed by atoms with Crippen molar-refractivity contribution in [1.29, 1.82) is 5.41 Å². The smallest absolute Gasteiger partial charge is 0.372 e. The molecule has 0 spiro atoms. The third-order valence-electron chi connectivity index (χ3n) is 5.53. The molecular formula is C22H20F3N3O2. The molecule has 0 saturated heterocycles. The standard InChI is InChI=1S/C22H20F3N3O2/c1-28-12-17(16-4-2-3-5-19(16)28)21(30,22(23,24)25)15-8-9-18(14(10-15)11-26)27-20(29)13-6-7-13/h2-5,8-13,26,30H,6-7H2,1H3,(H,27,29). The number of benzene rings is 2. The zero-order valence-electron chi connectivity index (χ0n) is 16.1. The van der Waals surface area contributed by atoms with E-state index in [0.717, 1.165) is 31.2 Å². The maximum atomic E-state index is 14.3. The van der Waals surface area contributed by atoms with Gasteiger partial charge in [0.25, 0.3) is 0 Å². The Bertz CT molecular complexity index is 1150. The average Bonchev–Trinajstić information content (AvgIpc) is 3.51. The number of fused-ring (bicyclic) bond motifs is 1. The van der Waals surface area contributed by atoms with Crippen LogP contribution in [0.4, 0.5) is 18.9 Å². The minimum absolute atomic E-state index is 0.0874. The zero-order chi connectivity index (χ0) is 21.7. The molecule has 1 heterocycles. The molecule has 1 amide bonds. The van der Waals surface area contributed by atoms with Crippen molar-refractivity contribution in [3.8, 4) is 0 Å². The summed E-state index contributed by atoms with van der Waals surface area (Å²) < 4.78 is 44.4. The average molecular weight is 415 g/mol. The van der Waals surface area contributed by atoms with E-state index in [1.54, 1.807) is 25.2 Å². The molecule has 2 aromatic carbocycles. The number of halogens is 3. The van der Waals surface area contributed by atoms with Crippen LogP contribution in [0.25, 0.3) is 10.9 Å². The highest BCUT2D eigenvalue weighted by molar-refractivity contribution is 5.99. The molecule has 0 aliphatic heterocycles. The molecule has 1 saturated carbocycles. The first-order valence-electron chi connectivity index (χ1n) is 9.46. The topological polar surface area (TPSA) is 78.1 Å². The van der Waals surface area contributed by atoms with E-state index >= 15 is 0 Å². The summed E-state index contributed by atoms with van der Waals surface area (Å²) in [7, 11) is 1.61. The molecule has 1 aliphatic carbocycles. The first kappa shape index (κ1) is 20.2. The minimum atomic E-state index is -5.02. The second-order valence-electron chi connectivity index (χ2n) is 7.59. The van der Waals surface area contributed by atoms with Gasteiger partial charge in [-0.1, -0.05) is 24.3 Å². The van der Waals surface area contributed by atoms with Crippen LogP contribution in [0.15, 0.2) is 48.7 Å². The second kappa shape index (κ2) is 6.98. The molecular weight excluding hydrogens is 395 g/mol. The fourth-order valence-electron chi connectivity index (χ4n) is 3.70.